The topological polar surface area (TPSA) is 84.1 Å². The van der Waals surface area contributed by atoms with Crippen LogP contribution in [-0.2, 0) is 0 Å². The Labute approximate surface area is 217 Å². The standard InChI is InChI=1S/2C16H14O2.H2O/c2*1-2-8-13-9-6-7-12-15(13)16(17)18-14-10-4-3-5-11-14;/h2*2-12H,1H3;1H2. The van der Waals surface area contributed by atoms with Gasteiger partial charge in [-0.2, -0.15) is 0 Å². The van der Waals surface area contributed by atoms with Gasteiger partial charge < -0.3 is 14.9 Å². The molecule has 5 nitrogen and oxygen atoms in total. The van der Waals surface area contributed by atoms with E-state index in [-0.39, 0.29) is 17.4 Å². The molecule has 0 atom stereocenters. The summed E-state index contributed by atoms with van der Waals surface area (Å²) in [7, 11) is 0. The molecule has 0 saturated carbocycles. The Morgan fingerprint density at radius 3 is 1.19 bits per heavy atom. The number of ether oxygens (including phenoxy) is 2. The Balaban J connectivity index is 0.000000253. The zero-order valence-electron chi connectivity index (χ0n) is 20.8. The van der Waals surface area contributed by atoms with Gasteiger partial charge in [-0.3, -0.25) is 0 Å². The predicted molar refractivity (Wildman–Crippen MR) is 149 cm³/mol. The Hall–Kier alpha value is -4.74. The lowest BCUT2D eigenvalue weighted by molar-refractivity contribution is 0.0725. The quantitative estimate of drug-likeness (QED) is 0.212. The fourth-order valence-electron chi connectivity index (χ4n) is 3.32. The van der Waals surface area contributed by atoms with Gasteiger partial charge >= 0.3 is 11.9 Å². The molecule has 0 aliphatic carbocycles. The van der Waals surface area contributed by atoms with Crippen LogP contribution in [0.3, 0.4) is 0 Å². The van der Waals surface area contributed by atoms with Gasteiger partial charge in [-0.15, -0.1) is 0 Å². The summed E-state index contributed by atoms with van der Waals surface area (Å²) < 4.78 is 10.6. The van der Waals surface area contributed by atoms with Gasteiger partial charge in [0.05, 0.1) is 11.1 Å². The van der Waals surface area contributed by atoms with Crippen LogP contribution in [0, 0.1) is 0 Å². The fraction of sp³-hybridized carbons (Fsp3) is 0.0625. The minimum Gasteiger partial charge on any atom is -0.423 e. The van der Waals surface area contributed by atoms with Crippen molar-refractivity contribution in [2.75, 3.05) is 0 Å². The minimum atomic E-state index is -0.338. The lowest BCUT2D eigenvalue weighted by atomic mass is 10.1. The van der Waals surface area contributed by atoms with Crippen LogP contribution in [0.25, 0.3) is 12.2 Å². The highest BCUT2D eigenvalue weighted by molar-refractivity contribution is 5.95. The van der Waals surface area contributed by atoms with Crippen molar-refractivity contribution in [3.63, 3.8) is 0 Å². The summed E-state index contributed by atoms with van der Waals surface area (Å²) >= 11 is 0. The van der Waals surface area contributed by atoms with E-state index in [0.717, 1.165) is 11.1 Å². The van der Waals surface area contributed by atoms with Gasteiger partial charge in [-0.25, -0.2) is 9.59 Å². The summed E-state index contributed by atoms with van der Waals surface area (Å²) in [6.07, 6.45) is 7.58. The molecule has 4 aromatic carbocycles. The highest BCUT2D eigenvalue weighted by Crippen LogP contribution is 2.17. The summed E-state index contributed by atoms with van der Waals surface area (Å²) in [6.45, 7) is 3.83. The molecule has 0 saturated heterocycles. The van der Waals surface area contributed by atoms with E-state index >= 15 is 0 Å². The predicted octanol–water partition coefficient (Wildman–Crippen LogP) is 7.05. The van der Waals surface area contributed by atoms with Gasteiger partial charge in [-0.1, -0.05) is 97.1 Å². The van der Waals surface area contributed by atoms with E-state index in [1.54, 1.807) is 36.4 Å². The van der Waals surface area contributed by atoms with E-state index in [1.807, 2.05) is 111 Å². The maximum atomic E-state index is 12.1. The number of benzene rings is 4. The molecule has 4 aromatic rings. The number of hydrogen-bond donors (Lipinski definition) is 0. The van der Waals surface area contributed by atoms with E-state index in [9.17, 15) is 9.59 Å². The molecule has 0 spiro atoms. The third-order valence-corrected chi connectivity index (χ3v) is 4.96. The molecule has 0 unspecified atom stereocenters. The second kappa shape index (κ2) is 15.3. The fourth-order valence-corrected chi connectivity index (χ4v) is 3.32. The van der Waals surface area contributed by atoms with Crippen molar-refractivity contribution in [3.8, 4) is 11.5 Å². The van der Waals surface area contributed by atoms with Gasteiger partial charge in [0.1, 0.15) is 11.5 Å². The van der Waals surface area contributed by atoms with Crippen molar-refractivity contribution in [2.24, 2.45) is 0 Å². The molecule has 0 fully saturated rings. The third kappa shape index (κ3) is 8.76. The van der Waals surface area contributed by atoms with Crippen molar-refractivity contribution < 1.29 is 24.5 Å². The first kappa shape index (κ1) is 28.5. The number of rotatable bonds is 6. The summed E-state index contributed by atoms with van der Waals surface area (Å²) in [6, 6.07) is 32.9. The lowest BCUT2D eigenvalue weighted by Gasteiger charge is -2.06. The molecule has 0 bridgehead atoms. The number of para-hydroxylation sites is 2. The second-order valence-electron chi connectivity index (χ2n) is 7.58. The highest BCUT2D eigenvalue weighted by atomic mass is 16.5. The summed E-state index contributed by atoms with van der Waals surface area (Å²) in [5, 5.41) is 0. The smallest absolute Gasteiger partial charge is 0.344 e. The number of esters is 2. The SMILES string of the molecule is CC=Cc1ccccc1C(=O)Oc1ccccc1.CC=Cc1ccccc1C(=O)Oc1ccccc1.O. The molecule has 4 rings (SSSR count). The van der Waals surface area contributed by atoms with Crippen molar-refractivity contribution in [2.45, 2.75) is 13.8 Å². The maximum absolute atomic E-state index is 12.1. The van der Waals surface area contributed by atoms with Crippen LogP contribution in [0.2, 0.25) is 0 Å². The van der Waals surface area contributed by atoms with Gasteiger partial charge in [0.25, 0.3) is 0 Å². The molecule has 188 valence electrons. The second-order valence-corrected chi connectivity index (χ2v) is 7.58. The molecular formula is C32H30O5. The Kier molecular flexibility index (Phi) is 11.8. The molecule has 0 heterocycles. The summed E-state index contributed by atoms with van der Waals surface area (Å²) in [5.74, 6) is 0.431. The zero-order chi connectivity index (χ0) is 25.6. The van der Waals surface area contributed by atoms with Crippen molar-refractivity contribution in [3.05, 3.63) is 144 Å². The zero-order valence-corrected chi connectivity index (χ0v) is 20.8. The van der Waals surface area contributed by atoms with Crippen molar-refractivity contribution in [1.29, 1.82) is 0 Å². The van der Waals surface area contributed by atoms with E-state index in [1.165, 1.54) is 0 Å². The van der Waals surface area contributed by atoms with Crippen LogP contribution in [0.1, 0.15) is 45.7 Å². The highest BCUT2D eigenvalue weighted by Gasteiger charge is 2.12. The van der Waals surface area contributed by atoms with Crippen molar-refractivity contribution in [1.82, 2.24) is 0 Å². The first-order chi connectivity index (χ1) is 17.6. The van der Waals surface area contributed by atoms with Gasteiger partial charge in [0.2, 0.25) is 0 Å². The van der Waals surface area contributed by atoms with Gasteiger partial charge in [-0.05, 0) is 61.4 Å². The van der Waals surface area contributed by atoms with E-state index in [0.29, 0.717) is 22.6 Å². The van der Waals surface area contributed by atoms with E-state index in [2.05, 4.69) is 0 Å². The largest absolute Gasteiger partial charge is 0.423 e. The van der Waals surface area contributed by atoms with Crippen LogP contribution < -0.4 is 9.47 Å². The normalized spacial score (nSPS) is 10.2. The van der Waals surface area contributed by atoms with E-state index in [4.69, 9.17) is 9.47 Å². The van der Waals surface area contributed by atoms with Crippen LogP contribution in [0.5, 0.6) is 11.5 Å². The maximum Gasteiger partial charge on any atom is 0.344 e. The third-order valence-electron chi connectivity index (χ3n) is 4.96. The molecule has 0 amide bonds. The van der Waals surface area contributed by atoms with Gasteiger partial charge in [0.15, 0.2) is 0 Å². The molecule has 2 N–H and O–H groups in total. The number of carbonyl (C=O) groups is 2. The molecule has 5 heteroatoms. The van der Waals surface area contributed by atoms with Crippen molar-refractivity contribution >= 4 is 24.1 Å². The average molecular weight is 495 g/mol. The minimum absolute atomic E-state index is 0. The molecule has 37 heavy (non-hydrogen) atoms. The summed E-state index contributed by atoms with van der Waals surface area (Å²) in [4.78, 5) is 24.1. The Morgan fingerprint density at radius 1 is 0.514 bits per heavy atom. The molecule has 0 radical (unpaired) electrons. The number of hydrogen-bond acceptors (Lipinski definition) is 4. The lowest BCUT2D eigenvalue weighted by Crippen LogP contribution is -2.09. The molecule has 0 aromatic heterocycles. The summed E-state index contributed by atoms with van der Waals surface area (Å²) in [5.41, 5.74) is 2.86. The first-order valence-electron chi connectivity index (χ1n) is 11.6. The Morgan fingerprint density at radius 2 is 0.838 bits per heavy atom. The van der Waals surface area contributed by atoms with Gasteiger partial charge in [0, 0.05) is 0 Å². The van der Waals surface area contributed by atoms with Crippen LogP contribution in [-0.4, -0.2) is 17.4 Å². The van der Waals surface area contributed by atoms with E-state index < -0.39 is 0 Å². The monoisotopic (exact) mass is 494 g/mol. The average Bonchev–Trinajstić information content (AvgIpc) is 2.91. The van der Waals surface area contributed by atoms with Crippen LogP contribution in [0.15, 0.2) is 121 Å². The molecule has 0 aliphatic heterocycles. The van der Waals surface area contributed by atoms with Crippen LogP contribution in [0.4, 0.5) is 0 Å². The Bertz CT molecular complexity index is 1220. The first-order valence-corrected chi connectivity index (χ1v) is 11.6. The van der Waals surface area contributed by atoms with Crippen LogP contribution >= 0.6 is 0 Å². The molecule has 0 aliphatic rings. The molecular weight excluding hydrogens is 464 g/mol. The number of carbonyl (C=O) groups excluding carboxylic acids is 2. The number of allylic oxidation sites excluding steroid dienone is 2.